The zero-order chi connectivity index (χ0) is 14.7. The van der Waals surface area contributed by atoms with Gasteiger partial charge in [0.15, 0.2) is 0 Å². The fourth-order valence-corrected chi connectivity index (χ4v) is 2.08. The third-order valence-corrected chi connectivity index (χ3v) is 3.05. The highest BCUT2D eigenvalue weighted by Crippen LogP contribution is 2.25. The van der Waals surface area contributed by atoms with Crippen molar-refractivity contribution in [1.29, 1.82) is 10.5 Å². The number of aromatic nitrogens is 1. The van der Waals surface area contributed by atoms with Crippen LogP contribution >= 0.6 is 0 Å². The van der Waals surface area contributed by atoms with E-state index < -0.39 is 0 Å². The molecule has 5 heteroatoms. The van der Waals surface area contributed by atoms with Gasteiger partial charge in [-0.25, -0.2) is 4.98 Å². The molecule has 3 rings (SSSR count). The lowest BCUT2D eigenvalue weighted by atomic mass is 10.1. The van der Waals surface area contributed by atoms with E-state index in [-0.39, 0.29) is 5.71 Å². The number of rotatable bonds is 2. The summed E-state index contributed by atoms with van der Waals surface area (Å²) in [7, 11) is 0. The Morgan fingerprint density at radius 3 is 2.57 bits per heavy atom. The molecule has 0 fully saturated rings. The van der Waals surface area contributed by atoms with E-state index in [0.29, 0.717) is 5.69 Å². The van der Waals surface area contributed by atoms with Crippen LogP contribution in [0.5, 0.6) is 0 Å². The monoisotopic (exact) mass is 271 g/mol. The Bertz CT molecular complexity index is 928. The predicted molar refractivity (Wildman–Crippen MR) is 81.5 cm³/mol. The first-order chi connectivity index (χ1) is 10.3. The molecule has 1 heterocycles. The molecule has 0 saturated carbocycles. The molecule has 0 aliphatic rings. The van der Waals surface area contributed by atoms with Crippen LogP contribution in [0.1, 0.15) is 0 Å². The SMILES string of the molecule is N#CC(C#N)=NNc1cccc2cc3ccccc3nc12. The second kappa shape index (κ2) is 5.28. The number of nitrogens with zero attached hydrogens (tertiary/aromatic N) is 4. The summed E-state index contributed by atoms with van der Waals surface area (Å²) >= 11 is 0. The Morgan fingerprint density at radius 1 is 1.00 bits per heavy atom. The van der Waals surface area contributed by atoms with Gasteiger partial charge in [-0.05, 0) is 18.2 Å². The second-order valence-electron chi connectivity index (χ2n) is 4.35. The van der Waals surface area contributed by atoms with E-state index in [4.69, 9.17) is 10.5 Å². The number of hydrogen-bond acceptors (Lipinski definition) is 5. The zero-order valence-electron chi connectivity index (χ0n) is 10.9. The highest BCUT2D eigenvalue weighted by Gasteiger charge is 2.04. The fourth-order valence-electron chi connectivity index (χ4n) is 2.08. The van der Waals surface area contributed by atoms with E-state index in [1.165, 1.54) is 0 Å². The van der Waals surface area contributed by atoms with Crippen LogP contribution in [0.15, 0.2) is 53.6 Å². The average Bonchev–Trinajstić information content (AvgIpc) is 2.54. The molecule has 0 saturated heterocycles. The summed E-state index contributed by atoms with van der Waals surface area (Å²) in [6, 6.07) is 18.9. The minimum absolute atomic E-state index is 0.229. The normalized spacial score (nSPS) is 9.81. The number of fused-ring (bicyclic) bond motifs is 2. The summed E-state index contributed by atoms with van der Waals surface area (Å²) in [5.74, 6) is 0. The molecule has 0 unspecified atom stereocenters. The number of anilines is 1. The van der Waals surface area contributed by atoms with Crippen molar-refractivity contribution in [3.63, 3.8) is 0 Å². The Morgan fingerprint density at radius 2 is 1.76 bits per heavy atom. The van der Waals surface area contributed by atoms with Crippen molar-refractivity contribution in [2.75, 3.05) is 5.43 Å². The van der Waals surface area contributed by atoms with Gasteiger partial charge in [0.1, 0.15) is 12.1 Å². The highest BCUT2D eigenvalue weighted by molar-refractivity contribution is 6.10. The molecule has 98 valence electrons. The number of hydrogen-bond donors (Lipinski definition) is 1. The van der Waals surface area contributed by atoms with Gasteiger partial charge in [0.25, 0.3) is 0 Å². The van der Waals surface area contributed by atoms with Crippen LogP contribution in [0.25, 0.3) is 21.8 Å². The maximum atomic E-state index is 8.70. The first-order valence-electron chi connectivity index (χ1n) is 6.24. The first-order valence-corrected chi connectivity index (χ1v) is 6.24. The van der Waals surface area contributed by atoms with Crippen LogP contribution in [0.4, 0.5) is 5.69 Å². The molecule has 5 nitrogen and oxygen atoms in total. The lowest BCUT2D eigenvalue weighted by Crippen LogP contribution is -1.97. The van der Waals surface area contributed by atoms with E-state index in [2.05, 4.69) is 15.5 Å². The van der Waals surface area contributed by atoms with E-state index in [1.54, 1.807) is 18.2 Å². The van der Waals surface area contributed by atoms with E-state index >= 15 is 0 Å². The Kier molecular flexibility index (Phi) is 3.16. The first kappa shape index (κ1) is 12.6. The van der Waals surface area contributed by atoms with Crippen molar-refractivity contribution < 1.29 is 0 Å². The highest BCUT2D eigenvalue weighted by atomic mass is 15.3. The van der Waals surface area contributed by atoms with Gasteiger partial charge in [0.05, 0.1) is 16.7 Å². The summed E-state index contributed by atoms with van der Waals surface area (Å²) < 4.78 is 0. The molecule has 0 spiro atoms. The van der Waals surface area contributed by atoms with Crippen LogP contribution in [-0.4, -0.2) is 10.7 Å². The van der Waals surface area contributed by atoms with E-state index in [1.807, 2.05) is 42.5 Å². The molecule has 0 aliphatic heterocycles. The van der Waals surface area contributed by atoms with Gasteiger partial charge in [0.2, 0.25) is 5.71 Å². The number of benzene rings is 2. The summed E-state index contributed by atoms with van der Waals surface area (Å²) in [5, 5.41) is 23.2. The predicted octanol–water partition coefficient (Wildman–Crippen LogP) is 3.20. The van der Waals surface area contributed by atoms with Crippen molar-refractivity contribution in [3.05, 3.63) is 48.5 Å². The Hall–Kier alpha value is -3.44. The number of nitriles is 2. The molecular weight excluding hydrogens is 262 g/mol. The number of hydrazone groups is 1. The zero-order valence-corrected chi connectivity index (χ0v) is 10.9. The number of para-hydroxylation sites is 2. The van der Waals surface area contributed by atoms with Crippen molar-refractivity contribution in [3.8, 4) is 12.1 Å². The van der Waals surface area contributed by atoms with Crippen molar-refractivity contribution in [2.24, 2.45) is 5.10 Å². The van der Waals surface area contributed by atoms with Crippen LogP contribution in [0.3, 0.4) is 0 Å². The smallest absolute Gasteiger partial charge is 0.237 e. The van der Waals surface area contributed by atoms with Gasteiger partial charge < -0.3 is 0 Å². The standard InChI is InChI=1S/C16H9N5/c17-9-13(10-18)20-21-15-7-3-5-12-8-11-4-1-2-6-14(11)19-16(12)15/h1-8,21H. The Balaban J connectivity index is 2.16. The molecule has 0 aliphatic carbocycles. The molecule has 3 aromatic rings. The van der Waals surface area contributed by atoms with Crippen LogP contribution in [0.2, 0.25) is 0 Å². The summed E-state index contributed by atoms with van der Waals surface area (Å²) in [6.45, 7) is 0. The minimum Gasteiger partial charge on any atom is -0.274 e. The van der Waals surface area contributed by atoms with Gasteiger partial charge >= 0.3 is 0 Å². The summed E-state index contributed by atoms with van der Waals surface area (Å²) in [5.41, 5.74) is 4.78. The van der Waals surface area contributed by atoms with E-state index in [0.717, 1.165) is 21.8 Å². The maximum absolute atomic E-state index is 8.70. The summed E-state index contributed by atoms with van der Waals surface area (Å²) in [6.07, 6.45) is 0. The maximum Gasteiger partial charge on any atom is 0.237 e. The van der Waals surface area contributed by atoms with Gasteiger partial charge in [-0.3, -0.25) is 5.43 Å². The van der Waals surface area contributed by atoms with Gasteiger partial charge in [-0.1, -0.05) is 30.3 Å². The fraction of sp³-hybridized carbons (Fsp3) is 0. The van der Waals surface area contributed by atoms with Gasteiger partial charge in [-0.15, -0.1) is 0 Å². The molecule has 21 heavy (non-hydrogen) atoms. The number of pyridine rings is 1. The molecule has 1 aromatic heterocycles. The lowest BCUT2D eigenvalue weighted by molar-refractivity contribution is 1.34. The largest absolute Gasteiger partial charge is 0.274 e. The lowest BCUT2D eigenvalue weighted by Gasteiger charge is -2.06. The molecule has 0 atom stereocenters. The van der Waals surface area contributed by atoms with Gasteiger partial charge in [0, 0.05) is 10.8 Å². The average molecular weight is 271 g/mol. The molecule has 1 N–H and O–H groups in total. The third kappa shape index (κ3) is 2.36. The summed E-state index contributed by atoms with van der Waals surface area (Å²) in [4.78, 5) is 4.61. The van der Waals surface area contributed by atoms with Crippen LogP contribution in [-0.2, 0) is 0 Å². The second-order valence-corrected chi connectivity index (χ2v) is 4.35. The molecule has 0 bridgehead atoms. The van der Waals surface area contributed by atoms with Crippen molar-refractivity contribution in [2.45, 2.75) is 0 Å². The molecular formula is C16H9N5. The molecule has 0 amide bonds. The van der Waals surface area contributed by atoms with Crippen LogP contribution < -0.4 is 5.43 Å². The minimum atomic E-state index is -0.229. The molecule has 0 radical (unpaired) electrons. The van der Waals surface area contributed by atoms with Crippen molar-refractivity contribution in [1.82, 2.24) is 4.98 Å². The number of nitrogens with one attached hydrogen (secondary N) is 1. The van der Waals surface area contributed by atoms with Crippen molar-refractivity contribution >= 4 is 33.2 Å². The molecule has 2 aromatic carbocycles. The third-order valence-electron chi connectivity index (χ3n) is 3.05. The quantitative estimate of drug-likeness (QED) is 0.440. The topological polar surface area (TPSA) is 84.9 Å². The van der Waals surface area contributed by atoms with Gasteiger partial charge in [-0.2, -0.15) is 15.6 Å². The Labute approximate surface area is 120 Å². The van der Waals surface area contributed by atoms with Crippen LogP contribution in [0, 0.1) is 22.7 Å². The van der Waals surface area contributed by atoms with E-state index in [9.17, 15) is 0 Å².